The molecular weight excluding hydrogens is 519 g/mol. The van der Waals surface area contributed by atoms with Gasteiger partial charge in [-0.05, 0) is 68.1 Å². The Kier molecular flexibility index (Phi) is 8.43. The number of carbonyl (C=O) groups excluding carboxylic acids is 4. The molecule has 40 heavy (non-hydrogen) atoms. The van der Waals surface area contributed by atoms with E-state index in [1.807, 2.05) is 6.92 Å². The molecule has 1 spiro atoms. The molecule has 0 aliphatic carbocycles. The van der Waals surface area contributed by atoms with Crippen LogP contribution in [0.15, 0.2) is 42.5 Å². The molecule has 2 aromatic rings. The fourth-order valence-electron chi connectivity index (χ4n) is 5.35. The van der Waals surface area contributed by atoms with E-state index in [9.17, 15) is 23.6 Å². The van der Waals surface area contributed by atoms with Crippen LogP contribution in [-0.4, -0.2) is 85.6 Å². The van der Waals surface area contributed by atoms with Crippen LogP contribution in [0.1, 0.15) is 42.6 Å². The number of nitrogens with one attached hydrogen (secondary N) is 1. The van der Waals surface area contributed by atoms with Gasteiger partial charge in [0.15, 0.2) is 0 Å². The van der Waals surface area contributed by atoms with Crippen LogP contribution >= 0.6 is 0 Å². The molecule has 0 aromatic heterocycles. The first-order valence-corrected chi connectivity index (χ1v) is 13.2. The van der Waals surface area contributed by atoms with Gasteiger partial charge < -0.3 is 19.7 Å². The van der Waals surface area contributed by atoms with Gasteiger partial charge in [-0.3, -0.25) is 24.2 Å². The fraction of sp³-hybridized carbons (Fsp3) is 0.448. The number of rotatable bonds is 8. The minimum Gasteiger partial charge on any atom is -0.497 e. The molecule has 5 amide bonds. The van der Waals surface area contributed by atoms with Crippen molar-refractivity contribution in [1.82, 2.24) is 15.1 Å². The van der Waals surface area contributed by atoms with Gasteiger partial charge in [0.2, 0.25) is 5.91 Å². The Morgan fingerprint density at radius 2 is 1.73 bits per heavy atom. The summed E-state index contributed by atoms with van der Waals surface area (Å²) in [4.78, 5) is 57.4. The second kappa shape index (κ2) is 11.6. The van der Waals surface area contributed by atoms with Crippen molar-refractivity contribution < 1.29 is 33.0 Å². The summed E-state index contributed by atoms with van der Waals surface area (Å²) < 4.78 is 25.1. The Balaban J connectivity index is 1.54. The fourth-order valence-corrected chi connectivity index (χ4v) is 5.35. The SMILES string of the molecule is CCc1ccc(F)c(C(=O)N[C@@H](C(=O)N2CCC3(CC2)C(=O)N(C)C(=O)N3c2ccc(OC)cc2)[C@@H](C)OC)c1. The van der Waals surface area contributed by atoms with E-state index < -0.39 is 41.3 Å². The number of methoxy groups -OCH3 is 2. The maximum atomic E-state index is 14.5. The molecule has 2 aliphatic rings. The van der Waals surface area contributed by atoms with Crippen LogP contribution in [-0.2, 0) is 20.7 Å². The quantitative estimate of drug-likeness (QED) is 0.503. The minimum atomic E-state index is -1.15. The maximum absolute atomic E-state index is 14.5. The van der Waals surface area contributed by atoms with E-state index in [0.29, 0.717) is 17.9 Å². The number of hydrogen-bond acceptors (Lipinski definition) is 6. The first kappa shape index (κ1) is 29.0. The molecule has 2 aromatic carbocycles. The monoisotopic (exact) mass is 554 g/mol. The second-order valence-electron chi connectivity index (χ2n) is 10.1. The van der Waals surface area contributed by atoms with E-state index in [0.717, 1.165) is 10.5 Å². The standard InChI is InChI=1S/C29H35FN4O6/c1-6-19-7-12-23(30)22(17-19)25(35)31-24(18(2)39-4)26(36)33-15-13-29(14-16-33)27(37)32(3)28(38)34(29)20-8-10-21(40-5)11-9-20/h7-12,17-18,24H,6,13-16H2,1-5H3,(H,31,35)/t18-,24-/m1/s1. The van der Waals surface area contributed by atoms with Gasteiger partial charge in [0.1, 0.15) is 23.1 Å². The highest BCUT2D eigenvalue weighted by molar-refractivity contribution is 6.16. The highest BCUT2D eigenvalue weighted by atomic mass is 19.1. The normalized spacial score (nSPS) is 18.2. The summed E-state index contributed by atoms with van der Waals surface area (Å²) in [6, 6.07) is 9.68. The predicted molar refractivity (Wildman–Crippen MR) is 146 cm³/mol. The topological polar surface area (TPSA) is 108 Å². The average Bonchev–Trinajstić information content (AvgIpc) is 3.15. The largest absolute Gasteiger partial charge is 0.497 e. The zero-order valence-corrected chi connectivity index (χ0v) is 23.4. The van der Waals surface area contributed by atoms with Crippen molar-refractivity contribution in [3.05, 3.63) is 59.4 Å². The number of piperidine rings is 1. The number of aryl methyl sites for hydroxylation is 1. The molecule has 0 radical (unpaired) electrons. The minimum absolute atomic E-state index is 0.147. The molecule has 2 atom stereocenters. The van der Waals surface area contributed by atoms with Crippen LogP contribution in [0.3, 0.4) is 0 Å². The molecule has 0 unspecified atom stereocenters. The van der Waals surface area contributed by atoms with Crippen LogP contribution < -0.4 is 15.0 Å². The van der Waals surface area contributed by atoms with E-state index in [1.54, 1.807) is 49.3 Å². The summed E-state index contributed by atoms with van der Waals surface area (Å²) >= 11 is 0. The molecule has 1 N–H and O–H groups in total. The number of ether oxygens (including phenoxy) is 2. The van der Waals surface area contributed by atoms with Gasteiger partial charge in [0.05, 0.1) is 18.8 Å². The zero-order valence-electron chi connectivity index (χ0n) is 23.4. The van der Waals surface area contributed by atoms with Crippen molar-refractivity contribution in [3.63, 3.8) is 0 Å². The number of anilines is 1. The summed E-state index contributed by atoms with van der Waals surface area (Å²) in [6.07, 6.45) is 0.321. The van der Waals surface area contributed by atoms with Crippen LogP contribution in [0, 0.1) is 5.82 Å². The molecule has 2 fully saturated rings. The van der Waals surface area contributed by atoms with Gasteiger partial charge in [-0.1, -0.05) is 13.0 Å². The number of amides is 5. The molecule has 11 heteroatoms. The average molecular weight is 555 g/mol. The van der Waals surface area contributed by atoms with Crippen molar-refractivity contribution >= 4 is 29.4 Å². The number of carbonyl (C=O) groups is 4. The summed E-state index contributed by atoms with van der Waals surface area (Å²) in [7, 11) is 4.42. The van der Waals surface area contributed by atoms with Crippen LogP contribution in [0.4, 0.5) is 14.9 Å². The lowest BCUT2D eigenvalue weighted by molar-refractivity contribution is -0.141. The summed E-state index contributed by atoms with van der Waals surface area (Å²) in [5, 5.41) is 2.66. The Labute approximate surface area is 233 Å². The number of likely N-dealkylation sites (tertiary alicyclic amines) is 1. The Morgan fingerprint density at radius 3 is 2.30 bits per heavy atom. The van der Waals surface area contributed by atoms with E-state index >= 15 is 0 Å². The second-order valence-corrected chi connectivity index (χ2v) is 10.1. The molecular formula is C29H35FN4O6. The van der Waals surface area contributed by atoms with E-state index in [4.69, 9.17) is 9.47 Å². The Hall–Kier alpha value is -3.99. The highest BCUT2D eigenvalue weighted by Crippen LogP contribution is 2.40. The maximum Gasteiger partial charge on any atom is 0.331 e. The first-order valence-electron chi connectivity index (χ1n) is 13.2. The van der Waals surface area contributed by atoms with E-state index in [2.05, 4.69) is 5.32 Å². The molecule has 0 bridgehead atoms. The lowest BCUT2D eigenvalue weighted by Crippen LogP contribution is -2.61. The number of hydrogen-bond donors (Lipinski definition) is 1. The van der Waals surface area contributed by atoms with Gasteiger partial charge in [-0.2, -0.15) is 0 Å². The van der Waals surface area contributed by atoms with E-state index in [-0.39, 0.29) is 37.4 Å². The first-order chi connectivity index (χ1) is 19.1. The third-order valence-corrected chi connectivity index (χ3v) is 7.92. The van der Waals surface area contributed by atoms with Crippen LogP contribution in [0.25, 0.3) is 0 Å². The zero-order chi connectivity index (χ0) is 29.2. The number of benzene rings is 2. The van der Waals surface area contributed by atoms with Gasteiger partial charge in [-0.25, -0.2) is 9.18 Å². The Morgan fingerprint density at radius 1 is 1.07 bits per heavy atom. The molecule has 4 rings (SSSR count). The summed E-state index contributed by atoms with van der Waals surface area (Å²) in [5.74, 6) is -1.52. The third kappa shape index (κ3) is 5.13. The molecule has 2 aliphatic heterocycles. The lowest BCUT2D eigenvalue weighted by atomic mass is 9.85. The molecule has 214 valence electrons. The predicted octanol–water partition coefficient (Wildman–Crippen LogP) is 2.99. The van der Waals surface area contributed by atoms with Crippen molar-refractivity contribution in [2.24, 2.45) is 0 Å². The summed E-state index contributed by atoms with van der Waals surface area (Å²) in [6.45, 7) is 3.88. The number of likely N-dealkylation sites (N-methyl/N-ethyl adjacent to an activating group) is 1. The van der Waals surface area contributed by atoms with Crippen molar-refractivity contribution in [3.8, 4) is 5.75 Å². The van der Waals surface area contributed by atoms with E-state index in [1.165, 1.54) is 31.2 Å². The smallest absolute Gasteiger partial charge is 0.331 e. The van der Waals surface area contributed by atoms with Gasteiger partial charge in [-0.15, -0.1) is 0 Å². The van der Waals surface area contributed by atoms with Crippen molar-refractivity contribution in [2.45, 2.75) is 50.8 Å². The highest BCUT2D eigenvalue weighted by Gasteiger charge is 2.58. The van der Waals surface area contributed by atoms with Gasteiger partial charge >= 0.3 is 6.03 Å². The molecule has 10 nitrogen and oxygen atoms in total. The van der Waals surface area contributed by atoms with Gasteiger partial charge in [0.25, 0.3) is 11.8 Å². The van der Waals surface area contributed by atoms with Crippen LogP contribution in [0.5, 0.6) is 5.75 Å². The van der Waals surface area contributed by atoms with Gasteiger partial charge in [0, 0.05) is 32.9 Å². The molecule has 0 saturated carbocycles. The van der Waals surface area contributed by atoms with Crippen molar-refractivity contribution in [2.75, 3.05) is 39.3 Å². The Bertz CT molecular complexity index is 1290. The number of nitrogens with zero attached hydrogens (tertiary/aromatic N) is 3. The molecule has 2 saturated heterocycles. The number of halogens is 1. The number of urea groups is 1. The third-order valence-electron chi connectivity index (χ3n) is 7.92. The van der Waals surface area contributed by atoms with Crippen LogP contribution in [0.2, 0.25) is 0 Å². The van der Waals surface area contributed by atoms with Crippen molar-refractivity contribution in [1.29, 1.82) is 0 Å². The number of imide groups is 1. The summed E-state index contributed by atoms with van der Waals surface area (Å²) in [5.41, 5.74) is 0.0498. The lowest BCUT2D eigenvalue weighted by Gasteiger charge is -2.43. The molecule has 2 heterocycles.